The molecule has 0 unspecified atom stereocenters. The number of amides is 1. The van der Waals surface area contributed by atoms with Crippen LogP contribution in [0.4, 0.5) is 0 Å². The first kappa shape index (κ1) is 13.0. The lowest BCUT2D eigenvalue weighted by Gasteiger charge is -2.33. The fourth-order valence-corrected chi connectivity index (χ4v) is 2.99. The molecule has 0 atom stereocenters. The molecular formula is C14H19N5O. The Kier molecular flexibility index (Phi) is 3.62. The molecule has 0 saturated heterocycles. The third-order valence-corrected chi connectivity index (χ3v) is 4.06. The molecule has 106 valence electrons. The molecule has 1 aliphatic carbocycles. The van der Waals surface area contributed by atoms with E-state index >= 15 is 0 Å². The number of fused-ring (bicyclic) bond motifs is 1. The summed E-state index contributed by atoms with van der Waals surface area (Å²) in [6, 6.07) is 3.97. The van der Waals surface area contributed by atoms with E-state index in [2.05, 4.69) is 15.5 Å². The number of carbonyl (C=O) groups excluding carboxylic acids is 1. The van der Waals surface area contributed by atoms with Gasteiger partial charge in [0.25, 0.3) is 5.91 Å². The van der Waals surface area contributed by atoms with Crippen molar-refractivity contribution in [3.8, 4) is 0 Å². The van der Waals surface area contributed by atoms with Gasteiger partial charge in [-0.1, -0.05) is 19.3 Å². The van der Waals surface area contributed by atoms with Gasteiger partial charge in [0, 0.05) is 18.8 Å². The average molecular weight is 273 g/mol. The van der Waals surface area contributed by atoms with E-state index in [0.717, 1.165) is 19.4 Å². The van der Waals surface area contributed by atoms with Crippen LogP contribution in [0.3, 0.4) is 0 Å². The van der Waals surface area contributed by atoms with Gasteiger partial charge in [-0.2, -0.15) is 4.52 Å². The molecule has 0 radical (unpaired) electrons. The Hall–Kier alpha value is -1.98. The van der Waals surface area contributed by atoms with Gasteiger partial charge in [-0.25, -0.2) is 0 Å². The highest BCUT2D eigenvalue weighted by molar-refractivity contribution is 5.94. The first-order chi connectivity index (χ1) is 9.79. The summed E-state index contributed by atoms with van der Waals surface area (Å²) in [4.78, 5) is 14.7. The van der Waals surface area contributed by atoms with E-state index in [-0.39, 0.29) is 5.91 Å². The van der Waals surface area contributed by atoms with Gasteiger partial charge in [-0.15, -0.1) is 5.10 Å². The van der Waals surface area contributed by atoms with E-state index in [4.69, 9.17) is 0 Å². The lowest BCUT2D eigenvalue weighted by Crippen LogP contribution is -2.41. The van der Waals surface area contributed by atoms with Crippen LogP contribution in [0, 0.1) is 0 Å². The third kappa shape index (κ3) is 2.37. The molecule has 0 N–H and O–H groups in total. The number of nitrogens with zero attached hydrogens (tertiary/aromatic N) is 5. The Balaban J connectivity index is 1.84. The maximum absolute atomic E-state index is 12.7. The summed E-state index contributed by atoms with van der Waals surface area (Å²) < 4.78 is 1.54. The fourth-order valence-electron chi connectivity index (χ4n) is 2.99. The molecular weight excluding hydrogens is 254 g/mol. The molecule has 0 aromatic carbocycles. The smallest absolute Gasteiger partial charge is 0.255 e. The summed E-state index contributed by atoms with van der Waals surface area (Å²) >= 11 is 0. The van der Waals surface area contributed by atoms with Gasteiger partial charge in [0.2, 0.25) is 0 Å². The quantitative estimate of drug-likeness (QED) is 0.857. The number of carbonyl (C=O) groups is 1. The van der Waals surface area contributed by atoms with Crippen LogP contribution in [0.2, 0.25) is 0 Å². The van der Waals surface area contributed by atoms with Crippen LogP contribution in [-0.4, -0.2) is 43.4 Å². The van der Waals surface area contributed by atoms with Crippen molar-refractivity contribution in [3.05, 3.63) is 23.9 Å². The third-order valence-electron chi connectivity index (χ3n) is 4.06. The highest BCUT2D eigenvalue weighted by Gasteiger charge is 2.25. The molecule has 20 heavy (non-hydrogen) atoms. The summed E-state index contributed by atoms with van der Waals surface area (Å²) in [6.07, 6.45) is 7.68. The molecule has 2 aromatic heterocycles. The first-order valence-electron chi connectivity index (χ1n) is 7.28. The highest BCUT2D eigenvalue weighted by Crippen LogP contribution is 2.23. The number of aromatic nitrogens is 4. The van der Waals surface area contributed by atoms with Crippen molar-refractivity contribution in [2.75, 3.05) is 6.54 Å². The Bertz CT molecular complexity index is 602. The van der Waals surface area contributed by atoms with Crippen molar-refractivity contribution in [1.82, 2.24) is 24.9 Å². The van der Waals surface area contributed by atoms with Gasteiger partial charge in [0.1, 0.15) is 0 Å². The minimum Gasteiger partial charge on any atom is -0.336 e. The number of tetrazole rings is 1. The van der Waals surface area contributed by atoms with Gasteiger partial charge in [0.15, 0.2) is 5.65 Å². The molecule has 1 aliphatic rings. The average Bonchev–Trinajstić information content (AvgIpc) is 2.96. The van der Waals surface area contributed by atoms with Crippen LogP contribution in [-0.2, 0) is 0 Å². The zero-order valence-corrected chi connectivity index (χ0v) is 11.7. The minimum atomic E-state index is 0.0804. The lowest BCUT2D eigenvalue weighted by atomic mass is 9.94. The van der Waals surface area contributed by atoms with Crippen LogP contribution >= 0.6 is 0 Å². The van der Waals surface area contributed by atoms with Crippen molar-refractivity contribution in [2.45, 2.75) is 45.1 Å². The summed E-state index contributed by atoms with van der Waals surface area (Å²) in [7, 11) is 0. The zero-order valence-electron chi connectivity index (χ0n) is 11.7. The summed E-state index contributed by atoms with van der Waals surface area (Å²) in [5.41, 5.74) is 1.31. The summed E-state index contributed by atoms with van der Waals surface area (Å²) in [6.45, 7) is 2.79. The summed E-state index contributed by atoms with van der Waals surface area (Å²) in [5, 5.41) is 11.3. The topological polar surface area (TPSA) is 63.4 Å². The molecule has 0 spiro atoms. The molecule has 1 amide bonds. The van der Waals surface area contributed by atoms with Gasteiger partial charge < -0.3 is 4.90 Å². The van der Waals surface area contributed by atoms with Crippen molar-refractivity contribution in [2.24, 2.45) is 0 Å². The van der Waals surface area contributed by atoms with Gasteiger partial charge in [-0.3, -0.25) is 4.79 Å². The Labute approximate surface area is 117 Å². The normalized spacial score (nSPS) is 16.4. The van der Waals surface area contributed by atoms with Gasteiger partial charge in [0.05, 0.1) is 5.56 Å². The predicted molar refractivity (Wildman–Crippen MR) is 74.4 cm³/mol. The molecule has 1 saturated carbocycles. The molecule has 2 aromatic rings. The fraction of sp³-hybridized carbons (Fsp3) is 0.571. The monoisotopic (exact) mass is 273 g/mol. The van der Waals surface area contributed by atoms with Crippen molar-refractivity contribution in [3.63, 3.8) is 0 Å². The standard InChI is InChI=1S/C14H19N5O/c1-2-18(12-6-4-3-5-7-12)14(20)11-8-9-13-15-16-17-19(13)10-11/h8-10,12H,2-7H2,1H3. The van der Waals surface area contributed by atoms with Gasteiger partial charge >= 0.3 is 0 Å². The number of hydrogen-bond donors (Lipinski definition) is 0. The van der Waals surface area contributed by atoms with E-state index in [9.17, 15) is 4.79 Å². The molecule has 6 nitrogen and oxygen atoms in total. The zero-order chi connectivity index (χ0) is 13.9. The first-order valence-corrected chi connectivity index (χ1v) is 7.28. The van der Waals surface area contributed by atoms with E-state index in [0.29, 0.717) is 17.3 Å². The van der Waals surface area contributed by atoms with E-state index in [1.807, 2.05) is 11.8 Å². The van der Waals surface area contributed by atoms with Gasteiger partial charge in [-0.05, 0) is 42.3 Å². The largest absolute Gasteiger partial charge is 0.336 e. The lowest BCUT2D eigenvalue weighted by molar-refractivity contribution is 0.0647. The second kappa shape index (κ2) is 5.56. The highest BCUT2D eigenvalue weighted by atomic mass is 16.2. The van der Waals surface area contributed by atoms with Crippen LogP contribution in [0.1, 0.15) is 49.4 Å². The molecule has 1 fully saturated rings. The number of rotatable bonds is 3. The molecule has 6 heteroatoms. The molecule has 2 heterocycles. The number of hydrogen-bond acceptors (Lipinski definition) is 4. The minimum absolute atomic E-state index is 0.0804. The van der Waals surface area contributed by atoms with Crippen LogP contribution < -0.4 is 0 Å². The van der Waals surface area contributed by atoms with E-state index in [1.54, 1.807) is 22.8 Å². The maximum atomic E-state index is 12.7. The Morgan fingerprint density at radius 3 is 2.90 bits per heavy atom. The second-order valence-electron chi connectivity index (χ2n) is 5.28. The molecule has 0 bridgehead atoms. The predicted octanol–water partition coefficient (Wildman–Crippen LogP) is 1.92. The molecule has 3 rings (SSSR count). The van der Waals surface area contributed by atoms with Crippen molar-refractivity contribution < 1.29 is 4.79 Å². The molecule has 0 aliphatic heterocycles. The Morgan fingerprint density at radius 1 is 1.35 bits per heavy atom. The van der Waals surface area contributed by atoms with E-state index < -0.39 is 0 Å². The van der Waals surface area contributed by atoms with Crippen LogP contribution in [0.15, 0.2) is 18.3 Å². The second-order valence-corrected chi connectivity index (χ2v) is 5.28. The maximum Gasteiger partial charge on any atom is 0.255 e. The van der Waals surface area contributed by atoms with Crippen LogP contribution in [0.25, 0.3) is 5.65 Å². The SMILES string of the molecule is CCN(C(=O)c1ccc2nnnn2c1)C1CCCCC1. The summed E-state index contributed by atoms with van der Waals surface area (Å²) in [5.74, 6) is 0.0804. The number of pyridine rings is 1. The van der Waals surface area contributed by atoms with Crippen molar-refractivity contribution in [1.29, 1.82) is 0 Å². The van der Waals surface area contributed by atoms with Crippen molar-refractivity contribution >= 4 is 11.6 Å². The Morgan fingerprint density at radius 2 is 2.15 bits per heavy atom. The van der Waals surface area contributed by atoms with Crippen LogP contribution in [0.5, 0.6) is 0 Å². The van der Waals surface area contributed by atoms with E-state index in [1.165, 1.54) is 19.3 Å².